The number of rotatable bonds is 3. The molecule has 1 aliphatic heterocycles. The van der Waals surface area contributed by atoms with Gasteiger partial charge in [0, 0.05) is 12.1 Å². The van der Waals surface area contributed by atoms with Crippen LogP contribution in [0.2, 0.25) is 0 Å². The van der Waals surface area contributed by atoms with Gasteiger partial charge in [0.15, 0.2) is 0 Å². The summed E-state index contributed by atoms with van der Waals surface area (Å²) >= 11 is 0. The maximum Gasteiger partial charge on any atom is 0.335 e. The molecule has 2 rings (SSSR count). The van der Waals surface area contributed by atoms with Gasteiger partial charge in [-0.2, -0.15) is 0 Å². The predicted molar refractivity (Wildman–Crippen MR) is 68.2 cm³/mol. The fraction of sp³-hybridized carbons (Fsp3) is 0.308. The van der Waals surface area contributed by atoms with Crippen molar-refractivity contribution in [1.29, 1.82) is 0 Å². The third kappa shape index (κ3) is 2.77. The molecule has 1 unspecified atom stereocenters. The van der Waals surface area contributed by atoms with Crippen LogP contribution in [0.1, 0.15) is 20.7 Å². The van der Waals surface area contributed by atoms with Gasteiger partial charge in [0.2, 0.25) is 5.91 Å². The Morgan fingerprint density at radius 2 is 2.00 bits per heavy atom. The monoisotopic (exact) mass is 278 g/mol. The fourth-order valence-electron chi connectivity index (χ4n) is 2.03. The molecule has 0 spiro atoms. The lowest BCUT2D eigenvalue weighted by Gasteiger charge is -2.33. The number of carboxylic acid groups (broad SMARTS) is 1. The Kier molecular flexibility index (Phi) is 3.99. The van der Waals surface area contributed by atoms with Crippen LogP contribution in [0.4, 0.5) is 0 Å². The van der Waals surface area contributed by atoms with Crippen LogP contribution < -0.4 is 5.73 Å². The Bertz CT molecular complexity index is 557. The third-order valence-electron chi connectivity index (χ3n) is 3.07. The highest BCUT2D eigenvalue weighted by molar-refractivity contribution is 5.99. The number of primary amides is 1. The van der Waals surface area contributed by atoms with Crippen LogP contribution in [-0.2, 0) is 9.53 Å². The van der Waals surface area contributed by atoms with Gasteiger partial charge in [-0.05, 0) is 18.2 Å². The summed E-state index contributed by atoms with van der Waals surface area (Å²) in [6.07, 6.45) is 0. The summed E-state index contributed by atoms with van der Waals surface area (Å²) in [5, 5.41) is 8.92. The van der Waals surface area contributed by atoms with E-state index < -0.39 is 23.8 Å². The summed E-state index contributed by atoms with van der Waals surface area (Å²) < 4.78 is 5.13. The van der Waals surface area contributed by atoms with Crippen LogP contribution in [-0.4, -0.2) is 53.6 Å². The smallest absolute Gasteiger partial charge is 0.335 e. The lowest BCUT2D eigenvalue weighted by Crippen LogP contribution is -2.54. The van der Waals surface area contributed by atoms with Gasteiger partial charge in [-0.1, -0.05) is 6.07 Å². The van der Waals surface area contributed by atoms with Crippen LogP contribution in [0, 0.1) is 0 Å². The van der Waals surface area contributed by atoms with Crippen molar-refractivity contribution in [3.8, 4) is 0 Å². The molecule has 0 aliphatic carbocycles. The minimum Gasteiger partial charge on any atom is -0.478 e. The van der Waals surface area contributed by atoms with E-state index >= 15 is 0 Å². The highest BCUT2D eigenvalue weighted by Crippen LogP contribution is 2.14. The second-order valence-corrected chi connectivity index (χ2v) is 4.38. The number of aromatic carboxylic acids is 1. The second kappa shape index (κ2) is 5.70. The van der Waals surface area contributed by atoms with Crippen molar-refractivity contribution in [3.63, 3.8) is 0 Å². The minimum absolute atomic E-state index is 0.0136. The Labute approximate surface area is 114 Å². The van der Waals surface area contributed by atoms with Gasteiger partial charge in [0.1, 0.15) is 6.04 Å². The number of carbonyl (C=O) groups excluding carboxylic acids is 2. The molecule has 7 heteroatoms. The Balaban J connectivity index is 2.27. The normalized spacial score (nSPS) is 18.6. The molecule has 0 saturated carbocycles. The van der Waals surface area contributed by atoms with Gasteiger partial charge >= 0.3 is 5.97 Å². The van der Waals surface area contributed by atoms with Crippen molar-refractivity contribution in [1.82, 2.24) is 4.90 Å². The fourth-order valence-corrected chi connectivity index (χ4v) is 2.03. The van der Waals surface area contributed by atoms with E-state index in [2.05, 4.69) is 0 Å². The highest BCUT2D eigenvalue weighted by Gasteiger charge is 2.32. The topological polar surface area (TPSA) is 110 Å². The van der Waals surface area contributed by atoms with Gasteiger partial charge in [-0.3, -0.25) is 9.59 Å². The summed E-state index contributed by atoms with van der Waals surface area (Å²) in [5.41, 5.74) is 5.46. The largest absolute Gasteiger partial charge is 0.478 e. The maximum atomic E-state index is 12.4. The van der Waals surface area contributed by atoms with Gasteiger partial charge in [0.25, 0.3) is 5.91 Å². The first kappa shape index (κ1) is 14.0. The third-order valence-corrected chi connectivity index (χ3v) is 3.07. The number of nitrogens with zero attached hydrogens (tertiary/aromatic N) is 1. The molecule has 7 nitrogen and oxygen atoms in total. The number of morpholine rings is 1. The molecule has 1 aromatic rings. The number of benzene rings is 1. The van der Waals surface area contributed by atoms with Gasteiger partial charge < -0.3 is 20.5 Å². The quantitative estimate of drug-likeness (QED) is 0.789. The molecule has 20 heavy (non-hydrogen) atoms. The molecule has 1 aliphatic rings. The van der Waals surface area contributed by atoms with Crippen LogP contribution >= 0.6 is 0 Å². The first-order chi connectivity index (χ1) is 9.50. The molecular weight excluding hydrogens is 264 g/mol. The number of ether oxygens (including phenoxy) is 1. The van der Waals surface area contributed by atoms with E-state index in [1.165, 1.54) is 29.2 Å². The van der Waals surface area contributed by atoms with Crippen LogP contribution in [0.25, 0.3) is 0 Å². The highest BCUT2D eigenvalue weighted by atomic mass is 16.5. The zero-order valence-electron chi connectivity index (χ0n) is 10.6. The summed E-state index contributed by atoms with van der Waals surface area (Å²) in [7, 11) is 0. The van der Waals surface area contributed by atoms with E-state index in [-0.39, 0.29) is 24.3 Å². The van der Waals surface area contributed by atoms with Crippen molar-refractivity contribution in [2.45, 2.75) is 6.04 Å². The van der Waals surface area contributed by atoms with E-state index in [4.69, 9.17) is 15.6 Å². The van der Waals surface area contributed by atoms with Crippen LogP contribution in [0.3, 0.4) is 0 Å². The Hall–Kier alpha value is -2.41. The molecule has 1 atom stereocenters. The van der Waals surface area contributed by atoms with Gasteiger partial charge in [0.05, 0.1) is 18.8 Å². The van der Waals surface area contributed by atoms with E-state index in [1.807, 2.05) is 0 Å². The van der Waals surface area contributed by atoms with Gasteiger partial charge in [-0.25, -0.2) is 4.79 Å². The molecule has 0 bridgehead atoms. The lowest BCUT2D eigenvalue weighted by molar-refractivity contribution is -0.127. The zero-order valence-corrected chi connectivity index (χ0v) is 10.6. The van der Waals surface area contributed by atoms with E-state index in [1.54, 1.807) is 0 Å². The molecule has 106 valence electrons. The second-order valence-electron chi connectivity index (χ2n) is 4.38. The standard InChI is InChI=1S/C13H14N2O5/c14-11(16)10-7-20-5-4-15(10)12(17)8-2-1-3-9(6-8)13(18)19/h1-3,6,10H,4-5,7H2,(H2,14,16)(H,18,19). The molecule has 1 heterocycles. The van der Waals surface area contributed by atoms with Crippen LogP contribution in [0.15, 0.2) is 24.3 Å². The SMILES string of the molecule is NC(=O)C1COCCN1C(=O)c1cccc(C(=O)O)c1. The Morgan fingerprint density at radius 1 is 1.30 bits per heavy atom. The lowest BCUT2D eigenvalue weighted by atomic mass is 10.1. The van der Waals surface area contributed by atoms with Crippen molar-refractivity contribution in [3.05, 3.63) is 35.4 Å². The number of hydrogen-bond donors (Lipinski definition) is 2. The molecular formula is C13H14N2O5. The predicted octanol–water partition coefficient (Wildman–Crippen LogP) is -0.289. The molecule has 3 N–H and O–H groups in total. The van der Waals surface area contributed by atoms with Crippen molar-refractivity contribution in [2.24, 2.45) is 5.73 Å². The van der Waals surface area contributed by atoms with Crippen LogP contribution in [0.5, 0.6) is 0 Å². The van der Waals surface area contributed by atoms with Crippen molar-refractivity contribution in [2.75, 3.05) is 19.8 Å². The average molecular weight is 278 g/mol. The Morgan fingerprint density at radius 3 is 2.65 bits per heavy atom. The minimum atomic E-state index is -1.12. The summed E-state index contributed by atoms with van der Waals surface area (Å²) in [4.78, 5) is 35.9. The molecule has 0 radical (unpaired) electrons. The number of carboxylic acids is 1. The molecule has 0 aromatic heterocycles. The summed E-state index contributed by atoms with van der Waals surface area (Å²) in [5.74, 6) is -2.19. The molecule has 2 amide bonds. The number of amides is 2. The van der Waals surface area contributed by atoms with E-state index in [0.717, 1.165) is 0 Å². The molecule has 1 fully saturated rings. The van der Waals surface area contributed by atoms with E-state index in [0.29, 0.717) is 6.61 Å². The number of nitrogens with two attached hydrogens (primary N) is 1. The number of carbonyl (C=O) groups is 3. The van der Waals surface area contributed by atoms with Crippen molar-refractivity contribution >= 4 is 17.8 Å². The molecule has 1 saturated heterocycles. The summed E-state index contributed by atoms with van der Waals surface area (Å²) in [6.45, 7) is 0.609. The maximum absolute atomic E-state index is 12.4. The van der Waals surface area contributed by atoms with Crippen molar-refractivity contribution < 1.29 is 24.2 Å². The van der Waals surface area contributed by atoms with E-state index in [9.17, 15) is 14.4 Å². The first-order valence-corrected chi connectivity index (χ1v) is 6.02. The average Bonchev–Trinajstić information content (AvgIpc) is 2.46. The van der Waals surface area contributed by atoms with Gasteiger partial charge in [-0.15, -0.1) is 0 Å². The zero-order chi connectivity index (χ0) is 14.7. The molecule has 1 aromatic carbocycles. The summed E-state index contributed by atoms with van der Waals surface area (Å²) in [6, 6.07) is 4.82. The first-order valence-electron chi connectivity index (χ1n) is 6.02. The number of hydrogen-bond acceptors (Lipinski definition) is 4.